The third-order valence-electron chi connectivity index (χ3n) is 2.12. The molecule has 2 rings (SSSR count). The van der Waals surface area contributed by atoms with Crippen LogP contribution in [0, 0.1) is 0 Å². The van der Waals surface area contributed by atoms with E-state index in [9.17, 15) is 0 Å². The number of hydrogen-bond acceptors (Lipinski definition) is 5. The zero-order valence-corrected chi connectivity index (χ0v) is 7.10. The van der Waals surface area contributed by atoms with Crippen molar-refractivity contribution in [3.63, 3.8) is 0 Å². The van der Waals surface area contributed by atoms with Gasteiger partial charge in [-0.15, -0.1) is 5.10 Å². The van der Waals surface area contributed by atoms with Crippen LogP contribution in [0.4, 0.5) is 6.01 Å². The molecule has 0 bridgehead atoms. The monoisotopic (exact) mass is 168 g/mol. The van der Waals surface area contributed by atoms with Gasteiger partial charge in [-0.2, -0.15) is 0 Å². The maximum atomic E-state index is 5.09. The number of rotatable bonds is 1. The van der Waals surface area contributed by atoms with Gasteiger partial charge in [0.15, 0.2) is 0 Å². The van der Waals surface area contributed by atoms with Crippen LogP contribution >= 0.6 is 0 Å². The standard InChI is InChI=1S/C7H12N4O/c1-10-2-4-11(5-3-10)7-9-8-6-12-7/h6H,2-5H2,1H3. The van der Waals surface area contributed by atoms with E-state index >= 15 is 0 Å². The first kappa shape index (κ1) is 7.54. The fourth-order valence-electron chi connectivity index (χ4n) is 1.30. The minimum Gasteiger partial charge on any atom is -0.411 e. The molecule has 1 aromatic rings. The van der Waals surface area contributed by atoms with Crippen molar-refractivity contribution in [2.45, 2.75) is 0 Å². The van der Waals surface area contributed by atoms with Crippen LogP contribution in [-0.4, -0.2) is 48.3 Å². The highest BCUT2D eigenvalue weighted by molar-refractivity contribution is 5.23. The number of hydrogen-bond donors (Lipinski definition) is 0. The van der Waals surface area contributed by atoms with Gasteiger partial charge in [0.2, 0.25) is 6.39 Å². The molecule has 1 aliphatic heterocycles. The van der Waals surface area contributed by atoms with Crippen LogP contribution in [0.25, 0.3) is 0 Å². The minimum absolute atomic E-state index is 0.642. The number of likely N-dealkylation sites (N-methyl/N-ethyl adjacent to an activating group) is 1. The summed E-state index contributed by atoms with van der Waals surface area (Å²) in [7, 11) is 2.12. The lowest BCUT2D eigenvalue weighted by atomic mass is 10.3. The summed E-state index contributed by atoms with van der Waals surface area (Å²) >= 11 is 0. The summed E-state index contributed by atoms with van der Waals surface area (Å²) in [5.74, 6) is 0. The van der Waals surface area contributed by atoms with Gasteiger partial charge in [0.1, 0.15) is 0 Å². The molecule has 2 heterocycles. The van der Waals surface area contributed by atoms with Gasteiger partial charge in [-0.25, -0.2) is 0 Å². The van der Waals surface area contributed by atoms with Gasteiger partial charge in [-0.05, 0) is 7.05 Å². The second-order valence-corrected chi connectivity index (χ2v) is 3.01. The van der Waals surface area contributed by atoms with E-state index in [1.54, 1.807) is 0 Å². The molecule has 0 saturated carbocycles. The number of anilines is 1. The summed E-state index contributed by atoms with van der Waals surface area (Å²) in [6.07, 6.45) is 1.37. The SMILES string of the molecule is CN1CCN(c2nnco2)CC1. The fourth-order valence-corrected chi connectivity index (χ4v) is 1.30. The van der Waals surface area contributed by atoms with E-state index in [0.717, 1.165) is 26.2 Å². The van der Waals surface area contributed by atoms with E-state index in [1.165, 1.54) is 6.39 Å². The Balaban J connectivity index is 1.99. The maximum absolute atomic E-state index is 5.09. The van der Waals surface area contributed by atoms with Crippen LogP contribution in [0.1, 0.15) is 0 Å². The van der Waals surface area contributed by atoms with Gasteiger partial charge in [0.25, 0.3) is 0 Å². The highest BCUT2D eigenvalue weighted by atomic mass is 16.4. The molecule has 5 heteroatoms. The Kier molecular flexibility index (Phi) is 1.95. The first-order valence-electron chi connectivity index (χ1n) is 4.06. The summed E-state index contributed by atoms with van der Waals surface area (Å²) < 4.78 is 5.09. The summed E-state index contributed by atoms with van der Waals surface area (Å²) in [5, 5.41) is 7.50. The molecule has 5 nitrogen and oxygen atoms in total. The van der Waals surface area contributed by atoms with E-state index in [1.807, 2.05) is 0 Å². The Morgan fingerprint density at radius 2 is 2.08 bits per heavy atom. The summed E-state index contributed by atoms with van der Waals surface area (Å²) in [5.41, 5.74) is 0. The fraction of sp³-hybridized carbons (Fsp3) is 0.714. The Morgan fingerprint density at radius 1 is 1.33 bits per heavy atom. The van der Waals surface area contributed by atoms with E-state index in [-0.39, 0.29) is 0 Å². The Bertz CT molecular complexity index is 228. The van der Waals surface area contributed by atoms with Gasteiger partial charge < -0.3 is 14.2 Å². The zero-order chi connectivity index (χ0) is 8.39. The molecule has 0 amide bonds. The van der Waals surface area contributed by atoms with Crippen molar-refractivity contribution in [1.82, 2.24) is 15.1 Å². The third kappa shape index (κ3) is 1.40. The second-order valence-electron chi connectivity index (χ2n) is 3.01. The molecule has 0 atom stereocenters. The van der Waals surface area contributed by atoms with Gasteiger partial charge in [-0.3, -0.25) is 0 Å². The van der Waals surface area contributed by atoms with Crippen molar-refractivity contribution >= 4 is 6.01 Å². The summed E-state index contributed by atoms with van der Waals surface area (Å²) in [6.45, 7) is 4.06. The highest BCUT2D eigenvalue weighted by Crippen LogP contribution is 2.10. The summed E-state index contributed by atoms with van der Waals surface area (Å²) in [6, 6.07) is 0.642. The van der Waals surface area contributed by atoms with E-state index < -0.39 is 0 Å². The molecule has 0 N–H and O–H groups in total. The molecule has 1 fully saturated rings. The van der Waals surface area contributed by atoms with Crippen molar-refractivity contribution in [2.75, 3.05) is 38.1 Å². The van der Waals surface area contributed by atoms with Gasteiger partial charge >= 0.3 is 6.01 Å². The Labute approximate surface area is 71.0 Å². The van der Waals surface area contributed by atoms with Gasteiger partial charge in [0, 0.05) is 26.2 Å². The van der Waals surface area contributed by atoms with Crippen molar-refractivity contribution in [2.24, 2.45) is 0 Å². The third-order valence-corrected chi connectivity index (χ3v) is 2.12. The van der Waals surface area contributed by atoms with Crippen molar-refractivity contribution < 1.29 is 4.42 Å². The van der Waals surface area contributed by atoms with Crippen LogP contribution in [-0.2, 0) is 0 Å². The lowest BCUT2D eigenvalue weighted by Gasteiger charge is -2.30. The number of aromatic nitrogens is 2. The summed E-state index contributed by atoms with van der Waals surface area (Å²) in [4.78, 5) is 4.39. The number of piperazine rings is 1. The highest BCUT2D eigenvalue weighted by Gasteiger charge is 2.17. The molecule has 0 aromatic carbocycles. The van der Waals surface area contributed by atoms with Crippen molar-refractivity contribution in [3.8, 4) is 0 Å². The maximum Gasteiger partial charge on any atom is 0.318 e. The van der Waals surface area contributed by atoms with Crippen LogP contribution in [0.5, 0.6) is 0 Å². The molecule has 12 heavy (non-hydrogen) atoms. The smallest absolute Gasteiger partial charge is 0.318 e. The topological polar surface area (TPSA) is 45.4 Å². The quantitative estimate of drug-likeness (QED) is 0.582. The van der Waals surface area contributed by atoms with Crippen molar-refractivity contribution in [1.29, 1.82) is 0 Å². The van der Waals surface area contributed by atoms with Gasteiger partial charge in [0.05, 0.1) is 0 Å². The van der Waals surface area contributed by atoms with Crippen LogP contribution < -0.4 is 4.90 Å². The Morgan fingerprint density at radius 3 is 2.67 bits per heavy atom. The largest absolute Gasteiger partial charge is 0.411 e. The second kappa shape index (κ2) is 3.10. The lowest BCUT2D eigenvalue weighted by Crippen LogP contribution is -2.44. The number of nitrogens with zero attached hydrogens (tertiary/aromatic N) is 4. The molecule has 1 aliphatic rings. The van der Waals surface area contributed by atoms with Crippen LogP contribution in [0.3, 0.4) is 0 Å². The molecule has 66 valence electrons. The Hall–Kier alpha value is -1.10. The van der Waals surface area contributed by atoms with E-state index in [4.69, 9.17) is 4.42 Å². The first-order valence-corrected chi connectivity index (χ1v) is 4.06. The van der Waals surface area contributed by atoms with E-state index in [2.05, 4.69) is 27.0 Å². The van der Waals surface area contributed by atoms with Gasteiger partial charge in [-0.1, -0.05) is 5.10 Å². The zero-order valence-electron chi connectivity index (χ0n) is 7.10. The van der Waals surface area contributed by atoms with E-state index in [0.29, 0.717) is 6.01 Å². The first-order chi connectivity index (χ1) is 5.86. The molecule has 0 radical (unpaired) electrons. The average molecular weight is 168 g/mol. The predicted molar refractivity (Wildman–Crippen MR) is 44.0 cm³/mol. The van der Waals surface area contributed by atoms with Crippen LogP contribution in [0.15, 0.2) is 10.8 Å². The van der Waals surface area contributed by atoms with Crippen molar-refractivity contribution in [3.05, 3.63) is 6.39 Å². The average Bonchev–Trinajstić information content (AvgIpc) is 2.58. The normalized spacial score (nSPS) is 19.9. The molecule has 0 aliphatic carbocycles. The molecular weight excluding hydrogens is 156 g/mol. The molecule has 1 aromatic heterocycles. The molecule has 0 unspecified atom stereocenters. The molecular formula is C7H12N4O. The minimum atomic E-state index is 0.642. The molecule has 0 spiro atoms. The van der Waals surface area contributed by atoms with Crippen LogP contribution in [0.2, 0.25) is 0 Å². The predicted octanol–water partition coefficient (Wildman–Crippen LogP) is -0.179. The molecule has 1 saturated heterocycles. The lowest BCUT2D eigenvalue weighted by molar-refractivity contribution is 0.305.